The summed E-state index contributed by atoms with van der Waals surface area (Å²) in [6.07, 6.45) is 0.776. The van der Waals surface area contributed by atoms with E-state index in [0.717, 1.165) is 23.2 Å². The average Bonchev–Trinajstić information content (AvgIpc) is 2.61. The maximum atomic E-state index is 12.8. The molecule has 2 N–H and O–H groups in total. The van der Waals surface area contributed by atoms with E-state index in [1.54, 1.807) is 19.9 Å². The van der Waals surface area contributed by atoms with Gasteiger partial charge in [-0.15, -0.1) is 0 Å². The molecule has 2 aromatic carbocycles. The minimum absolute atomic E-state index is 0.0631. The Kier molecular flexibility index (Phi) is 6.62. The zero-order valence-electron chi connectivity index (χ0n) is 16.3. The first kappa shape index (κ1) is 20.9. The molecule has 0 saturated carbocycles. The van der Waals surface area contributed by atoms with Gasteiger partial charge in [-0.1, -0.05) is 25.1 Å². The number of hydrogen-bond donors (Lipinski definition) is 2. The molecule has 2 aromatic rings. The number of anilines is 1. The summed E-state index contributed by atoms with van der Waals surface area (Å²) in [5.41, 5.74) is 2.97. The van der Waals surface area contributed by atoms with Gasteiger partial charge >= 0.3 is 0 Å². The van der Waals surface area contributed by atoms with E-state index in [-0.39, 0.29) is 28.2 Å². The zero-order valence-corrected chi connectivity index (χ0v) is 17.1. The lowest BCUT2D eigenvalue weighted by Crippen LogP contribution is -2.30. The van der Waals surface area contributed by atoms with E-state index in [1.165, 1.54) is 19.2 Å². The molecule has 0 aliphatic carbocycles. The van der Waals surface area contributed by atoms with Gasteiger partial charge in [0, 0.05) is 17.3 Å². The fraction of sp³-hybridized carbons (Fsp3) is 0.350. The third-order valence-electron chi connectivity index (χ3n) is 4.08. The quantitative estimate of drug-likeness (QED) is 0.758. The number of ether oxygens (including phenoxy) is 1. The molecule has 0 spiro atoms. The zero-order chi connectivity index (χ0) is 20.2. The van der Waals surface area contributed by atoms with Crippen molar-refractivity contribution < 1.29 is 17.9 Å². The topological polar surface area (TPSA) is 84.5 Å². The van der Waals surface area contributed by atoms with Gasteiger partial charge in [0.05, 0.1) is 7.11 Å². The van der Waals surface area contributed by atoms with Gasteiger partial charge in [-0.25, -0.2) is 13.1 Å². The van der Waals surface area contributed by atoms with Crippen molar-refractivity contribution in [3.63, 3.8) is 0 Å². The van der Waals surface area contributed by atoms with Crippen LogP contribution in [0, 0.1) is 6.92 Å². The van der Waals surface area contributed by atoms with Crippen LogP contribution in [0.3, 0.4) is 0 Å². The molecule has 0 fully saturated rings. The monoisotopic (exact) mass is 390 g/mol. The average molecular weight is 391 g/mol. The lowest BCUT2D eigenvalue weighted by molar-refractivity contribution is 0.102. The fourth-order valence-corrected chi connectivity index (χ4v) is 4.24. The van der Waals surface area contributed by atoms with Crippen LogP contribution in [0.25, 0.3) is 0 Å². The highest BCUT2D eigenvalue weighted by Gasteiger charge is 2.23. The fourth-order valence-electron chi connectivity index (χ4n) is 2.79. The van der Waals surface area contributed by atoms with Crippen molar-refractivity contribution in [2.75, 3.05) is 12.4 Å². The van der Waals surface area contributed by atoms with Crippen LogP contribution in [0.5, 0.6) is 5.75 Å². The van der Waals surface area contributed by atoms with Crippen molar-refractivity contribution >= 4 is 21.6 Å². The smallest absolute Gasteiger partial charge is 0.255 e. The Balaban J connectivity index is 2.43. The second-order valence-electron chi connectivity index (χ2n) is 6.56. The van der Waals surface area contributed by atoms with E-state index < -0.39 is 10.0 Å². The molecule has 0 aliphatic rings. The Hall–Kier alpha value is -2.38. The normalized spacial score (nSPS) is 11.5. The van der Waals surface area contributed by atoms with Crippen LogP contribution in [-0.2, 0) is 16.4 Å². The molecule has 0 aliphatic heterocycles. The highest BCUT2D eigenvalue weighted by molar-refractivity contribution is 7.89. The summed E-state index contributed by atoms with van der Waals surface area (Å²) in [7, 11) is -2.41. The third-order valence-corrected chi connectivity index (χ3v) is 5.76. The van der Waals surface area contributed by atoms with Crippen LogP contribution in [0.15, 0.2) is 41.3 Å². The number of carbonyl (C=O) groups is 1. The standard InChI is InChI=1S/C20H26N2O4S/c1-6-15-9-7-8-14(4)19(15)21-20(23)16-10-11-17(26-5)18(12-16)27(24,25)22-13(2)3/h7-13,22H,6H2,1-5H3,(H,21,23). The van der Waals surface area contributed by atoms with Crippen LogP contribution in [-0.4, -0.2) is 27.5 Å². The minimum Gasteiger partial charge on any atom is -0.495 e. The van der Waals surface area contributed by atoms with Crippen LogP contribution >= 0.6 is 0 Å². The minimum atomic E-state index is -3.81. The van der Waals surface area contributed by atoms with Gasteiger partial charge < -0.3 is 10.1 Å². The Labute approximate surface area is 161 Å². The summed E-state index contributed by atoms with van der Waals surface area (Å²) in [5, 5.41) is 2.91. The Morgan fingerprint density at radius 2 is 1.89 bits per heavy atom. The van der Waals surface area contributed by atoms with Crippen LogP contribution in [0.1, 0.15) is 42.3 Å². The van der Waals surface area contributed by atoms with Crippen LogP contribution in [0.2, 0.25) is 0 Å². The second kappa shape index (κ2) is 8.54. The van der Waals surface area contributed by atoms with Crippen molar-refractivity contribution in [1.82, 2.24) is 4.72 Å². The number of amides is 1. The lowest BCUT2D eigenvalue weighted by Gasteiger charge is -2.15. The van der Waals surface area contributed by atoms with Gasteiger partial charge in [0.15, 0.2) is 0 Å². The predicted octanol–water partition coefficient (Wildman–Crippen LogP) is 3.51. The van der Waals surface area contributed by atoms with Gasteiger partial charge in [0.1, 0.15) is 10.6 Å². The van der Waals surface area contributed by atoms with Crippen molar-refractivity contribution in [3.05, 3.63) is 53.1 Å². The summed E-state index contributed by atoms with van der Waals surface area (Å²) in [6, 6.07) is 9.91. The van der Waals surface area contributed by atoms with E-state index in [4.69, 9.17) is 4.74 Å². The maximum Gasteiger partial charge on any atom is 0.255 e. The molecular weight excluding hydrogens is 364 g/mol. The van der Waals surface area contributed by atoms with E-state index in [2.05, 4.69) is 10.0 Å². The van der Waals surface area contributed by atoms with Crippen LogP contribution < -0.4 is 14.8 Å². The molecule has 0 unspecified atom stereocenters. The number of sulfonamides is 1. The van der Waals surface area contributed by atoms with Crippen molar-refractivity contribution in [1.29, 1.82) is 0 Å². The number of methoxy groups -OCH3 is 1. The first-order valence-corrected chi connectivity index (χ1v) is 10.3. The summed E-state index contributed by atoms with van der Waals surface area (Å²) < 4.78 is 32.9. The molecule has 0 aromatic heterocycles. The molecule has 6 nitrogen and oxygen atoms in total. The van der Waals surface area contributed by atoms with E-state index in [1.807, 2.05) is 32.0 Å². The van der Waals surface area contributed by atoms with Crippen molar-refractivity contribution in [2.45, 2.75) is 45.1 Å². The summed E-state index contributed by atoms with van der Waals surface area (Å²) in [5.74, 6) is -0.188. The third kappa shape index (κ3) is 4.87. The largest absolute Gasteiger partial charge is 0.495 e. The van der Waals surface area contributed by atoms with Gasteiger partial charge in [-0.3, -0.25) is 4.79 Å². The first-order chi connectivity index (χ1) is 12.7. The number of rotatable bonds is 7. The van der Waals surface area contributed by atoms with Gasteiger partial charge in [-0.2, -0.15) is 0 Å². The van der Waals surface area contributed by atoms with E-state index >= 15 is 0 Å². The molecule has 0 heterocycles. The second-order valence-corrected chi connectivity index (χ2v) is 8.24. The Morgan fingerprint density at radius 1 is 1.19 bits per heavy atom. The molecule has 0 radical (unpaired) electrons. The number of hydrogen-bond acceptors (Lipinski definition) is 4. The molecule has 7 heteroatoms. The SMILES string of the molecule is CCc1cccc(C)c1NC(=O)c1ccc(OC)c(S(=O)(=O)NC(C)C)c1. The Bertz CT molecular complexity index is 937. The highest BCUT2D eigenvalue weighted by atomic mass is 32.2. The van der Waals surface area contributed by atoms with Gasteiger partial charge in [0.25, 0.3) is 5.91 Å². The molecular formula is C20H26N2O4S. The molecule has 1 amide bonds. The van der Waals surface area contributed by atoms with Gasteiger partial charge in [0.2, 0.25) is 10.0 Å². The maximum absolute atomic E-state index is 12.8. The predicted molar refractivity (Wildman–Crippen MR) is 107 cm³/mol. The molecule has 0 saturated heterocycles. The number of benzene rings is 2. The lowest BCUT2D eigenvalue weighted by atomic mass is 10.1. The molecule has 27 heavy (non-hydrogen) atoms. The van der Waals surface area contributed by atoms with Crippen molar-refractivity contribution in [2.24, 2.45) is 0 Å². The molecule has 0 atom stereocenters. The first-order valence-electron chi connectivity index (χ1n) is 8.79. The van der Waals surface area contributed by atoms with Gasteiger partial charge in [-0.05, 0) is 56.5 Å². The summed E-state index contributed by atoms with van der Waals surface area (Å²) in [6.45, 7) is 7.39. The summed E-state index contributed by atoms with van der Waals surface area (Å²) >= 11 is 0. The highest BCUT2D eigenvalue weighted by Crippen LogP contribution is 2.27. The van der Waals surface area contributed by atoms with Crippen molar-refractivity contribution in [3.8, 4) is 5.75 Å². The molecule has 0 bridgehead atoms. The Morgan fingerprint density at radius 3 is 2.48 bits per heavy atom. The van der Waals surface area contributed by atoms with E-state index in [0.29, 0.717) is 0 Å². The summed E-state index contributed by atoms with van der Waals surface area (Å²) in [4.78, 5) is 12.7. The van der Waals surface area contributed by atoms with Crippen LogP contribution in [0.4, 0.5) is 5.69 Å². The van der Waals surface area contributed by atoms with E-state index in [9.17, 15) is 13.2 Å². The molecule has 146 valence electrons. The number of aryl methyl sites for hydroxylation is 2. The molecule has 2 rings (SSSR count). The number of carbonyl (C=O) groups excluding carboxylic acids is 1. The number of para-hydroxylation sites is 1. The number of nitrogens with one attached hydrogen (secondary N) is 2.